The summed E-state index contributed by atoms with van der Waals surface area (Å²) in [6.07, 6.45) is 2.02. The lowest BCUT2D eigenvalue weighted by atomic mass is 10.2. The quantitative estimate of drug-likeness (QED) is 0.431. The summed E-state index contributed by atoms with van der Waals surface area (Å²) in [7, 11) is 1.73. The molecule has 1 aliphatic rings. The van der Waals surface area contributed by atoms with Gasteiger partial charge in [0.25, 0.3) is 0 Å². The Morgan fingerprint density at radius 1 is 1.36 bits per heavy atom. The van der Waals surface area contributed by atoms with Crippen molar-refractivity contribution in [3.05, 3.63) is 42.0 Å². The average Bonchev–Trinajstić information content (AvgIpc) is 3.31. The van der Waals surface area contributed by atoms with E-state index in [1.54, 1.807) is 7.05 Å². The molecule has 2 aromatic rings. The summed E-state index contributed by atoms with van der Waals surface area (Å²) in [5.74, 6) is 2.49. The Labute approximate surface area is 165 Å². The number of aromatic nitrogens is 2. The highest BCUT2D eigenvalue weighted by atomic mass is 16.5. The van der Waals surface area contributed by atoms with E-state index in [1.165, 1.54) is 0 Å². The molecule has 1 aromatic carbocycles. The van der Waals surface area contributed by atoms with Gasteiger partial charge in [-0.05, 0) is 18.6 Å². The topological polar surface area (TPSA) is 95.6 Å². The molecule has 3 rings (SSSR count). The predicted molar refractivity (Wildman–Crippen MR) is 108 cm³/mol. The van der Waals surface area contributed by atoms with Gasteiger partial charge in [-0.3, -0.25) is 9.79 Å². The molecule has 1 amide bonds. The summed E-state index contributed by atoms with van der Waals surface area (Å²) in [6.45, 7) is 5.43. The highest BCUT2D eigenvalue weighted by Crippen LogP contribution is 2.20. The van der Waals surface area contributed by atoms with Crippen LogP contribution in [0.2, 0.25) is 0 Å². The molecular formula is C20H28N6O2. The third kappa shape index (κ3) is 5.09. The maximum atomic E-state index is 12.3. The fourth-order valence-electron chi connectivity index (χ4n) is 3.10. The maximum Gasteiger partial charge on any atom is 0.229 e. The summed E-state index contributed by atoms with van der Waals surface area (Å²) in [6, 6.07) is 9.77. The number of para-hydroxylation sites is 1. The number of guanidine groups is 1. The second-order valence-electron chi connectivity index (χ2n) is 7.19. The summed E-state index contributed by atoms with van der Waals surface area (Å²) in [5.41, 5.74) is 0.931. The molecule has 0 spiro atoms. The van der Waals surface area contributed by atoms with Crippen molar-refractivity contribution in [2.75, 3.05) is 25.0 Å². The third-order valence-corrected chi connectivity index (χ3v) is 4.62. The van der Waals surface area contributed by atoms with Crippen molar-refractivity contribution < 1.29 is 9.32 Å². The second kappa shape index (κ2) is 9.34. The minimum Gasteiger partial charge on any atom is -0.356 e. The third-order valence-electron chi connectivity index (χ3n) is 4.62. The van der Waals surface area contributed by atoms with Gasteiger partial charge in [-0.2, -0.15) is 4.98 Å². The van der Waals surface area contributed by atoms with Crippen molar-refractivity contribution in [2.24, 2.45) is 4.99 Å². The van der Waals surface area contributed by atoms with Crippen molar-refractivity contribution in [2.45, 2.75) is 45.1 Å². The number of amides is 1. The highest BCUT2D eigenvalue weighted by Gasteiger charge is 2.30. The monoisotopic (exact) mass is 384 g/mol. The Hall–Kier alpha value is -2.90. The number of nitrogens with zero attached hydrogens (tertiary/aromatic N) is 4. The molecule has 8 nitrogen and oxygen atoms in total. The molecule has 28 heavy (non-hydrogen) atoms. The van der Waals surface area contributed by atoms with Crippen LogP contribution in [-0.2, 0) is 11.2 Å². The van der Waals surface area contributed by atoms with Crippen LogP contribution in [0.4, 0.5) is 5.69 Å². The van der Waals surface area contributed by atoms with Crippen molar-refractivity contribution in [1.29, 1.82) is 0 Å². The van der Waals surface area contributed by atoms with Crippen LogP contribution in [0.1, 0.15) is 44.3 Å². The Morgan fingerprint density at radius 2 is 2.14 bits per heavy atom. The van der Waals surface area contributed by atoms with E-state index in [1.807, 2.05) is 49.1 Å². The van der Waals surface area contributed by atoms with Gasteiger partial charge in [0.05, 0.1) is 6.04 Å². The van der Waals surface area contributed by atoms with E-state index in [0.717, 1.165) is 24.5 Å². The van der Waals surface area contributed by atoms with Crippen molar-refractivity contribution in [3.8, 4) is 0 Å². The van der Waals surface area contributed by atoms with Crippen molar-refractivity contribution in [3.63, 3.8) is 0 Å². The van der Waals surface area contributed by atoms with Gasteiger partial charge >= 0.3 is 0 Å². The Balaban J connectivity index is 1.43. The van der Waals surface area contributed by atoms with Gasteiger partial charge in [0.1, 0.15) is 0 Å². The maximum absolute atomic E-state index is 12.3. The lowest BCUT2D eigenvalue weighted by Gasteiger charge is -2.19. The number of rotatable bonds is 7. The zero-order valence-corrected chi connectivity index (χ0v) is 16.7. The van der Waals surface area contributed by atoms with Crippen LogP contribution in [0.3, 0.4) is 0 Å². The molecule has 1 saturated heterocycles. The van der Waals surface area contributed by atoms with Gasteiger partial charge in [0.2, 0.25) is 11.8 Å². The molecule has 2 N–H and O–H groups in total. The van der Waals surface area contributed by atoms with E-state index in [9.17, 15) is 4.79 Å². The van der Waals surface area contributed by atoms with E-state index in [0.29, 0.717) is 31.2 Å². The standard InChI is InChI=1S/C20H28N6O2/c1-14(2)19-24-17(28-25-19)10-7-11-22-20(21-3)23-15-12-18(27)26(13-15)16-8-5-4-6-9-16/h4-6,8-9,14-15H,7,10-13H2,1-3H3,(H2,21,22,23). The van der Waals surface area contributed by atoms with Crippen molar-refractivity contribution >= 4 is 17.6 Å². The average molecular weight is 384 g/mol. The molecule has 2 heterocycles. The van der Waals surface area contributed by atoms with Crippen LogP contribution in [-0.4, -0.2) is 48.2 Å². The Morgan fingerprint density at radius 3 is 2.82 bits per heavy atom. The van der Waals surface area contributed by atoms with Crippen LogP contribution in [0.15, 0.2) is 39.8 Å². The first-order valence-electron chi connectivity index (χ1n) is 9.72. The Kier molecular flexibility index (Phi) is 6.62. The first-order chi connectivity index (χ1) is 13.6. The molecule has 0 saturated carbocycles. The van der Waals surface area contributed by atoms with Crippen LogP contribution in [0.5, 0.6) is 0 Å². The molecule has 0 aliphatic carbocycles. The Bertz CT molecular complexity index is 802. The van der Waals surface area contributed by atoms with E-state index in [-0.39, 0.29) is 17.9 Å². The smallest absolute Gasteiger partial charge is 0.229 e. The number of hydrogen-bond donors (Lipinski definition) is 2. The number of carbonyl (C=O) groups excluding carboxylic acids is 1. The zero-order chi connectivity index (χ0) is 19.9. The number of benzene rings is 1. The first kappa shape index (κ1) is 19.9. The molecule has 1 aliphatic heterocycles. The number of carbonyl (C=O) groups is 1. The van der Waals surface area contributed by atoms with Gasteiger partial charge in [-0.15, -0.1) is 0 Å². The fraction of sp³-hybridized carbons (Fsp3) is 0.500. The normalized spacial score (nSPS) is 17.4. The van der Waals surface area contributed by atoms with E-state index < -0.39 is 0 Å². The fourth-order valence-corrected chi connectivity index (χ4v) is 3.10. The van der Waals surface area contributed by atoms with E-state index >= 15 is 0 Å². The molecule has 1 unspecified atom stereocenters. The molecule has 0 bridgehead atoms. The highest BCUT2D eigenvalue weighted by molar-refractivity contribution is 5.97. The van der Waals surface area contributed by atoms with Gasteiger partial charge < -0.3 is 20.1 Å². The van der Waals surface area contributed by atoms with Crippen LogP contribution >= 0.6 is 0 Å². The first-order valence-corrected chi connectivity index (χ1v) is 9.72. The molecule has 150 valence electrons. The van der Waals surface area contributed by atoms with Gasteiger partial charge in [0, 0.05) is 44.6 Å². The van der Waals surface area contributed by atoms with Gasteiger partial charge in [-0.1, -0.05) is 37.2 Å². The van der Waals surface area contributed by atoms with Gasteiger partial charge in [-0.25, -0.2) is 0 Å². The van der Waals surface area contributed by atoms with Crippen molar-refractivity contribution in [1.82, 2.24) is 20.8 Å². The molecule has 1 fully saturated rings. The SMILES string of the molecule is CN=C(NCCCc1nc(C(C)C)no1)NC1CC(=O)N(c2ccccc2)C1. The minimum absolute atomic E-state index is 0.0310. The van der Waals surface area contributed by atoms with Crippen LogP contribution in [0, 0.1) is 0 Å². The number of aliphatic imine (C=N–C) groups is 1. The molecular weight excluding hydrogens is 356 g/mol. The molecule has 8 heteroatoms. The van der Waals surface area contributed by atoms with Crippen LogP contribution in [0.25, 0.3) is 0 Å². The van der Waals surface area contributed by atoms with Gasteiger partial charge in [0.15, 0.2) is 11.8 Å². The number of anilines is 1. The minimum atomic E-state index is 0.0310. The molecule has 1 aromatic heterocycles. The molecule has 0 radical (unpaired) electrons. The summed E-state index contributed by atoms with van der Waals surface area (Å²) in [4.78, 5) is 22.8. The van der Waals surface area contributed by atoms with E-state index in [4.69, 9.17) is 4.52 Å². The predicted octanol–water partition coefficient (Wildman–Crippen LogP) is 2.10. The summed E-state index contributed by atoms with van der Waals surface area (Å²) in [5, 5.41) is 10.6. The second-order valence-corrected chi connectivity index (χ2v) is 7.19. The molecule has 1 atom stereocenters. The number of aryl methyl sites for hydroxylation is 1. The largest absolute Gasteiger partial charge is 0.356 e. The van der Waals surface area contributed by atoms with E-state index in [2.05, 4.69) is 25.8 Å². The zero-order valence-electron chi connectivity index (χ0n) is 16.7. The lowest BCUT2D eigenvalue weighted by Crippen LogP contribution is -2.44. The summed E-state index contributed by atoms with van der Waals surface area (Å²) < 4.78 is 5.25. The summed E-state index contributed by atoms with van der Waals surface area (Å²) >= 11 is 0. The van der Waals surface area contributed by atoms with Crippen LogP contribution < -0.4 is 15.5 Å². The lowest BCUT2D eigenvalue weighted by molar-refractivity contribution is -0.117. The number of hydrogen-bond acceptors (Lipinski definition) is 5. The number of nitrogens with one attached hydrogen (secondary N) is 2.